The molecular formula is C99H93Cl4F5N8O9. The van der Waals surface area contributed by atoms with Gasteiger partial charge in [-0.2, -0.15) is 18.2 Å². The Morgan fingerprint density at radius 2 is 0.640 bits per heavy atom. The van der Waals surface area contributed by atoms with Crippen LogP contribution in [0.15, 0.2) is 219 Å². The summed E-state index contributed by atoms with van der Waals surface area (Å²) in [6.45, 7) is 10.7. The normalized spacial score (nSPS) is 10.7. The summed E-state index contributed by atoms with van der Waals surface area (Å²) in [7, 11) is 8.11. The lowest BCUT2D eigenvalue weighted by Crippen LogP contribution is -2.25. The van der Waals surface area contributed by atoms with Crippen molar-refractivity contribution in [1.82, 2.24) is 19.9 Å². The number of methoxy groups -OCH3 is 1. The molecule has 12 aromatic rings. The van der Waals surface area contributed by atoms with Crippen LogP contribution >= 0.6 is 46.4 Å². The Morgan fingerprint density at radius 1 is 0.336 bits per heavy atom. The average molecular weight is 1780 g/mol. The number of pyridine rings is 4. The van der Waals surface area contributed by atoms with Gasteiger partial charge in [-0.25, -0.2) is 18.7 Å². The van der Waals surface area contributed by atoms with Crippen LogP contribution in [0.25, 0.3) is 44.5 Å². The zero-order chi connectivity index (χ0) is 90.9. The number of aryl methyl sites for hydroxylation is 6. The number of carbonyl (C=O) groups is 8. The second kappa shape index (κ2) is 45.8. The van der Waals surface area contributed by atoms with Gasteiger partial charge in [0.2, 0.25) is 47.4 Å². The summed E-state index contributed by atoms with van der Waals surface area (Å²) >= 11 is 25.5. The van der Waals surface area contributed by atoms with Crippen molar-refractivity contribution in [2.45, 2.75) is 119 Å². The van der Waals surface area contributed by atoms with Gasteiger partial charge < -0.3 is 24.3 Å². The first kappa shape index (κ1) is 96.4. The van der Waals surface area contributed by atoms with Crippen LogP contribution in [0.4, 0.5) is 44.7 Å². The van der Waals surface area contributed by atoms with E-state index in [9.17, 15) is 60.3 Å². The van der Waals surface area contributed by atoms with E-state index in [1.807, 2.05) is 93.6 Å². The molecule has 0 atom stereocenters. The molecule has 26 heteroatoms. The highest BCUT2D eigenvalue weighted by Crippen LogP contribution is 2.36. The van der Waals surface area contributed by atoms with Crippen LogP contribution in [0.2, 0.25) is 20.1 Å². The zero-order valence-corrected chi connectivity index (χ0v) is 73.9. The Labute approximate surface area is 744 Å². The maximum absolute atomic E-state index is 14.6. The summed E-state index contributed by atoms with van der Waals surface area (Å²) in [5.74, 6) is -3.59. The molecule has 4 amide bonds. The first-order valence-corrected chi connectivity index (χ1v) is 41.8. The number of Topliss-reactive ketones (excluding diaryl/α,β-unsaturated/α-hetero) is 4. The third-order valence-electron chi connectivity index (χ3n) is 20.9. The standard InChI is InChI=1S/C25H24ClFN2O3.2C25H24ClFN2O2.C24H21ClF2N2O2/c1-4-24(31)29(2)22-11-8-18(15-21(22)27)17-7-10-19(20(26)14-17)23(30)12-9-16-6-5-13-28-25(16)32-3;1-4-25(31)29(3)20-10-5-18(6-11-20)19-7-12-21(22(26)15-19)23(30)13-8-17-9-14-24(27)28-16(17)2;1-4-25(31)29(3)23-11-8-19(15-22(23)27)18-7-10-20(21(26)14-18)24(30)12-9-17-6-5-13-28-16(17)2;1-3-23(31)29(2)18-9-4-15(5-10-18)17-6-11-19(20(25)14-17)21(30)12-7-16-8-13-22(26)28-24(16)27/h5-8,10-11,13-15H,4,9,12H2,1-3H3;5-7,9-12,14-15H,4,8,13H2,1-3H3;5-8,10-11,13-15H,4,9,12H2,1-3H3;4-6,8-11,13-14H,3,7,12H2,1-2H3. The molecule has 646 valence electrons. The van der Waals surface area contributed by atoms with E-state index in [4.69, 9.17) is 51.1 Å². The molecule has 0 aliphatic carbocycles. The number of hydrogen-bond donors (Lipinski definition) is 0. The van der Waals surface area contributed by atoms with Gasteiger partial charge in [0, 0.05) is 148 Å². The van der Waals surface area contributed by atoms with Crippen molar-refractivity contribution in [3.63, 3.8) is 0 Å². The molecule has 4 aromatic heterocycles. The van der Waals surface area contributed by atoms with E-state index < -0.39 is 29.5 Å². The fraction of sp³-hybridized carbons (Fsp3) is 0.232. The summed E-state index contributed by atoms with van der Waals surface area (Å²) in [4.78, 5) is 119. The lowest BCUT2D eigenvalue weighted by Gasteiger charge is -2.18. The Kier molecular flexibility index (Phi) is 35.3. The van der Waals surface area contributed by atoms with Gasteiger partial charge in [0.05, 0.1) is 38.6 Å². The third kappa shape index (κ3) is 25.8. The number of amides is 4. The van der Waals surface area contributed by atoms with Crippen LogP contribution in [0.3, 0.4) is 0 Å². The highest BCUT2D eigenvalue weighted by Gasteiger charge is 2.23. The number of ether oxygens (including phenoxy) is 1. The van der Waals surface area contributed by atoms with Gasteiger partial charge in [-0.05, 0) is 223 Å². The maximum Gasteiger partial charge on any atom is 0.226 e. The molecule has 0 fully saturated rings. The molecule has 0 saturated heterocycles. The van der Waals surface area contributed by atoms with Crippen molar-refractivity contribution >= 4 is 116 Å². The van der Waals surface area contributed by atoms with E-state index in [0.717, 1.165) is 62.1 Å². The molecule has 0 aliphatic heterocycles. The Balaban J connectivity index is 0.000000189. The summed E-state index contributed by atoms with van der Waals surface area (Å²) < 4.78 is 74.1. The van der Waals surface area contributed by atoms with Crippen molar-refractivity contribution in [1.29, 1.82) is 0 Å². The third-order valence-corrected chi connectivity index (χ3v) is 22.2. The molecule has 0 N–H and O–H groups in total. The van der Waals surface area contributed by atoms with Crippen LogP contribution in [0.1, 0.15) is 154 Å². The van der Waals surface area contributed by atoms with Gasteiger partial charge in [-0.3, -0.25) is 43.3 Å². The molecule has 8 aromatic carbocycles. The summed E-state index contributed by atoms with van der Waals surface area (Å²) in [6.07, 6.45) is 7.32. The first-order valence-electron chi connectivity index (χ1n) is 40.3. The molecule has 0 aliphatic rings. The van der Waals surface area contributed by atoms with Gasteiger partial charge in [0.25, 0.3) is 0 Å². The molecule has 17 nitrogen and oxygen atoms in total. The topological polar surface area (TPSA) is 210 Å². The molecule has 12 rings (SSSR count). The van der Waals surface area contributed by atoms with Crippen LogP contribution < -0.4 is 24.3 Å². The summed E-state index contributed by atoms with van der Waals surface area (Å²) in [5.41, 5.74) is 14.2. The second-order valence-electron chi connectivity index (χ2n) is 29.0. The fourth-order valence-corrected chi connectivity index (χ4v) is 14.6. The number of rotatable bonds is 29. The first-order chi connectivity index (χ1) is 59.8. The van der Waals surface area contributed by atoms with Crippen LogP contribution in [0, 0.1) is 43.3 Å². The van der Waals surface area contributed by atoms with Crippen molar-refractivity contribution in [2.24, 2.45) is 0 Å². The number of ketones is 4. The van der Waals surface area contributed by atoms with Crippen molar-refractivity contribution in [2.75, 3.05) is 54.9 Å². The Morgan fingerprint density at radius 3 is 0.984 bits per heavy atom. The number of aromatic nitrogens is 4. The quantitative estimate of drug-likeness (QED) is 0.0243. The lowest BCUT2D eigenvalue weighted by atomic mass is 9.98. The van der Waals surface area contributed by atoms with Crippen LogP contribution in [0.5, 0.6) is 5.88 Å². The smallest absolute Gasteiger partial charge is 0.226 e. The molecule has 0 radical (unpaired) electrons. The molecule has 125 heavy (non-hydrogen) atoms. The van der Waals surface area contributed by atoms with E-state index in [-0.39, 0.29) is 95.8 Å². The van der Waals surface area contributed by atoms with Gasteiger partial charge in [0.1, 0.15) is 11.6 Å². The minimum atomic E-state index is -0.913. The molecule has 0 saturated carbocycles. The minimum Gasteiger partial charge on any atom is -0.481 e. The van der Waals surface area contributed by atoms with Crippen molar-refractivity contribution < 1.29 is 65.0 Å². The summed E-state index contributed by atoms with van der Waals surface area (Å²) in [5, 5.41) is 1.31. The number of hydrogen-bond acceptors (Lipinski definition) is 13. The van der Waals surface area contributed by atoms with Crippen molar-refractivity contribution in [3.8, 4) is 50.4 Å². The molecule has 0 spiro atoms. The van der Waals surface area contributed by atoms with E-state index in [2.05, 4.69) is 19.9 Å². The van der Waals surface area contributed by atoms with Crippen molar-refractivity contribution in [3.05, 3.63) is 324 Å². The van der Waals surface area contributed by atoms with E-state index in [1.165, 1.54) is 41.2 Å². The highest BCUT2D eigenvalue weighted by molar-refractivity contribution is 6.36. The number of anilines is 4. The number of nitrogens with zero attached hydrogens (tertiary/aromatic N) is 8. The fourth-order valence-electron chi connectivity index (χ4n) is 13.4. The summed E-state index contributed by atoms with van der Waals surface area (Å²) in [6, 6.07) is 57.8. The van der Waals surface area contributed by atoms with E-state index >= 15 is 0 Å². The van der Waals surface area contributed by atoms with Gasteiger partial charge in [0.15, 0.2) is 23.1 Å². The predicted molar refractivity (Wildman–Crippen MR) is 486 cm³/mol. The Hall–Kier alpha value is -12.5. The average Bonchev–Trinajstić information content (AvgIpc) is 0.830. The number of halogens is 9. The Bertz CT molecular complexity index is 5760. The van der Waals surface area contributed by atoms with Gasteiger partial charge >= 0.3 is 0 Å². The predicted octanol–water partition coefficient (Wildman–Crippen LogP) is 23.7. The number of carbonyl (C=O) groups excluding carboxylic acids is 8. The SMILES string of the molecule is CCC(=O)N(C)c1ccc(-c2ccc(C(=O)CCc3ccc(F)nc3C)c(Cl)c2)cc1.CCC(=O)N(C)c1ccc(-c2ccc(C(=O)CCc3ccc(F)nc3F)c(Cl)c2)cc1.CCC(=O)N(C)c1ccc(-c2ccc(C(=O)CCc3cccnc3C)c(Cl)c2)cc1F.CCC(=O)N(C)c1ccc(-c2ccc(C(=O)CCc3cccnc3OC)c(Cl)c2)cc1F. The largest absolute Gasteiger partial charge is 0.481 e. The van der Waals surface area contributed by atoms with E-state index in [1.54, 1.807) is 174 Å². The number of benzene rings is 8. The lowest BCUT2D eigenvalue weighted by molar-refractivity contribution is -0.118. The van der Waals surface area contributed by atoms with E-state index in [0.29, 0.717) is 121 Å². The molecule has 4 heterocycles. The van der Waals surface area contributed by atoms with Gasteiger partial charge in [-0.1, -0.05) is 153 Å². The highest BCUT2D eigenvalue weighted by atomic mass is 35.5. The molecule has 0 unspecified atom stereocenters. The van der Waals surface area contributed by atoms with Crippen LogP contribution in [-0.2, 0) is 44.9 Å². The molecular weight excluding hydrogens is 1680 g/mol. The van der Waals surface area contributed by atoms with Gasteiger partial charge in [-0.15, -0.1) is 0 Å². The monoisotopic (exact) mass is 1770 g/mol. The zero-order valence-electron chi connectivity index (χ0n) is 70.9. The minimum absolute atomic E-state index is 0.0231. The van der Waals surface area contributed by atoms with Crippen LogP contribution in [-0.4, -0.2) is 102 Å². The maximum atomic E-state index is 14.6. The second-order valence-corrected chi connectivity index (χ2v) is 30.6. The molecule has 0 bridgehead atoms.